The molecule has 0 aromatic heterocycles. The van der Waals surface area contributed by atoms with Crippen LogP contribution in [-0.2, 0) is 4.43 Å². The van der Waals surface area contributed by atoms with E-state index >= 15 is 0 Å². The van der Waals surface area contributed by atoms with Crippen molar-refractivity contribution in [2.24, 2.45) is 11.5 Å². The zero-order valence-corrected chi connectivity index (χ0v) is 24.3. The van der Waals surface area contributed by atoms with E-state index in [1.54, 1.807) is 0 Å². The average molecular weight is 537 g/mol. The van der Waals surface area contributed by atoms with Crippen molar-refractivity contribution in [3.63, 3.8) is 0 Å². The van der Waals surface area contributed by atoms with Crippen LogP contribution in [0.15, 0.2) is 121 Å². The van der Waals surface area contributed by atoms with Crippen LogP contribution in [-0.4, -0.2) is 34.1 Å². The molecular weight excluding hydrogens is 497 g/mol. The van der Waals surface area contributed by atoms with Crippen molar-refractivity contribution < 1.29 is 4.43 Å². The van der Waals surface area contributed by atoms with E-state index in [4.69, 9.17) is 15.9 Å². The molecule has 1 aliphatic rings. The lowest BCUT2D eigenvalue weighted by atomic mass is 9.89. The summed E-state index contributed by atoms with van der Waals surface area (Å²) in [5, 5.41) is 5.68. The second-order valence-electron chi connectivity index (χ2n) is 10.6. The predicted molar refractivity (Wildman–Crippen MR) is 166 cm³/mol. The van der Waals surface area contributed by atoms with Gasteiger partial charge in [0, 0.05) is 0 Å². The maximum Gasteiger partial charge on any atom is 0.251 e. The summed E-state index contributed by atoms with van der Waals surface area (Å²) in [6.45, 7) is 1.36. The Hall–Kier alpha value is -2.81. The maximum absolute atomic E-state index is 8.05. The van der Waals surface area contributed by atoms with Gasteiger partial charge in [-0.25, -0.2) is 0 Å². The van der Waals surface area contributed by atoms with Crippen LogP contribution >= 0.6 is 0 Å². The molecule has 0 saturated carbocycles. The van der Waals surface area contributed by atoms with Gasteiger partial charge in [0.05, 0.1) is 5.60 Å². The van der Waals surface area contributed by atoms with E-state index in [0.29, 0.717) is 13.1 Å². The van der Waals surface area contributed by atoms with Crippen LogP contribution in [0.3, 0.4) is 0 Å². The summed E-state index contributed by atoms with van der Waals surface area (Å²) in [6, 6.07) is 46.2. The fourth-order valence-corrected chi connectivity index (χ4v) is 25.2. The first kappa shape index (κ1) is 26.8. The molecule has 0 spiro atoms. The molecule has 1 heterocycles. The van der Waals surface area contributed by atoms with Crippen molar-refractivity contribution >= 4 is 36.2 Å². The van der Waals surface area contributed by atoms with E-state index < -0.39 is 15.4 Å². The fraction of sp³-hybridized carbons (Fsp3) is 0.273. The minimum absolute atomic E-state index is 0.225. The Morgan fingerprint density at radius 2 is 0.921 bits per heavy atom. The van der Waals surface area contributed by atoms with Crippen LogP contribution in [0.5, 0.6) is 0 Å². The summed E-state index contributed by atoms with van der Waals surface area (Å²) in [6.07, 6.45) is 4.92. The van der Waals surface area contributed by atoms with Gasteiger partial charge in [0.2, 0.25) is 0 Å². The second kappa shape index (κ2) is 11.9. The molecule has 1 fully saturated rings. The number of rotatable bonds is 10. The van der Waals surface area contributed by atoms with Gasteiger partial charge in [-0.05, 0) is 61.6 Å². The minimum Gasteiger partial charge on any atom is -0.404 e. The lowest BCUT2D eigenvalue weighted by molar-refractivity contribution is 0.0364. The first-order valence-electron chi connectivity index (χ1n) is 14.0. The summed E-state index contributed by atoms with van der Waals surface area (Å²) < 4.78 is 8.05. The van der Waals surface area contributed by atoms with Gasteiger partial charge >= 0.3 is 0 Å². The first-order chi connectivity index (χ1) is 18.7. The molecule has 5 rings (SSSR count). The monoisotopic (exact) mass is 536 g/mol. The Morgan fingerprint density at radius 1 is 0.553 bits per heavy atom. The van der Waals surface area contributed by atoms with Crippen molar-refractivity contribution in [2.75, 3.05) is 13.1 Å². The maximum atomic E-state index is 8.05. The highest BCUT2D eigenvalue weighted by Gasteiger charge is 2.66. The van der Waals surface area contributed by atoms with Crippen LogP contribution in [0.25, 0.3) is 0 Å². The highest BCUT2D eigenvalue weighted by atomic mass is 29.3. The Bertz CT molecular complexity index is 1180. The van der Waals surface area contributed by atoms with Gasteiger partial charge in [0.25, 0.3) is 7.83 Å². The van der Waals surface area contributed by atoms with Gasteiger partial charge < -0.3 is 15.9 Å². The molecule has 3 nitrogen and oxygen atoms in total. The van der Waals surface area contributed by atoms with Gasteiger partial charge in [0.15, 0.2) is 7.59 Å². The molecule has 0 aliphatic carbocycles. The number of nitrogens with two attached hydrogens (primary N) is 2. The normalized spacial score (nSPS) is 17.6. The van der Waals surface area contributed by atoms with E-state index in [0.717, 1.165) is 38.1 Å². The number of hydrogen-bond donors (Lipinski definition) is 2. The molecule has 38 heavy (non-hydrogen) atoms. The van der Waals surface area contributed by atoms with Crippen LogP contribution in [0.1, 0.15) is 32.1 Å². The molecule has 0 amide bonds. The van der Waals surface area contributed by atoms with Crippen LogP contribution in [0.4, 0.5) is 0 Å². The van der Waals surface area contributed by atoms with E-state index in [2.05, 4.69) is 121 Å². The Kier molecular flexibility index (Phi) is 8.41. The molecule has 4 N–H and O–H groups in total. The van der Waals surface area contributed by atoms with E-state index in [-0.39, 0.29) is 5.60 Å². The number of hydrogen-bond acceptors (Lipinski definition) is 3. The standard InChI is InChI=1S/C33H40N2OSi2/c34-26-13-23-33(24-14-27-35)25-28-37(29-15-5-1-6-16-29,30-17-7-2-8-18-30)38(36-33,31-19-9-3-10-20-31)32-21-11-4-12-22-32/h1-12,15-22H,13-14,23-28,34-35H2. The van der Waals surface area contributed by atoms with Crippen molar-refractivity contribution in [2.45, 2.75) is 43.7 Å². The SMILES string of the molecule is NCCCC1(CCCN)CC[Si](c2ccccc2)(c2ccccc2)[Si](c2ccccc2)(c2ccccc2)O1. The Morgan fingerprint density at radius 3 is 1.29 bits per heavy atom. The third-order valence-corrected chi connectivity index (χ3v) is 24.5. The molecule has 1 aliphatic heterocycles. The molecule has 0 atom stereocenters. The molecule has 0 unspecified atom stereocenters. The van der Waals surface area contributed by atoms with Crippen molar-refractivity contribution in [1.82, 2.24) is 0 Å². The number of benzene rings is 4. The van der Waals surface area contributed by atoms with Crippen LogP contribution in [0, 0.1) is 0 Å². The van der Waals surface area contributed by atoms with Gasteiger partial charge in [-0.1, -0.05) is 132 Å². The summed E-state index contributed by atoms with van der Waals surface area (Å²) in [5.74, 6) is 0. The summed E-state index contributed by atoms with van der Waals surface area (Å²) in [7, 11) is -5.38. The Labute approximate surface area is 229 Å². The molecule has 5 heteroatoms. The third kappa shape index (κ3) is 4.74. The fourth-order valence-electron chi connectivity index (χ4n) is 6.81. The quantitative estimate of drug-likeness (QED) is 0.304. The smallest absolute Gasteiger partial charge is 0.251 e. The summed E-state index contributed by atoms with van der Waals surface area (Å²) in [4.78, 5) is 0. The molecular formula is C33H40N2OSi2. The molecule has 196 valence electrons. The highest BCUT2D eigenvalue weighted by Crippen LogP contribution is 2.43. The van der Waals surface area contributed by atoms with Crippen LogP contribution < -0.4 is 32.2 Å². The average Bonchev–Trinajstić information content (AvgIpc) is 3.01. The van der Waals surface area contributed by atoms with Gasteiger partial charge in [-0.2, -0.15) is 0 Å². The van der Waals surface area contributed by atoms with Gasteiger partial charge in [-0.3, -0.25) is 0 Å². The lowest BCUT2D eigenvalue weighted by Crippen LogP contribution is -2.89. The van der Waals surface area contributed by atoms with E-state index in [9.17, 15) is 0 Å². The summed E-state index contributed by atoms with van der Waals surface area (Å²) >= 11 is 0. The van der Waals surface area contributed by atoms with Gasteiger partial charge in [0.1, 0.15) is 0 Å². The van der Waals surface area contributed by atoms with Crippen molar-refractivity contribution in [3.05, 3.63) is 121 Å². The summed E-state index contributed by atoms with van der Waals surface area (Å²) in [5.41, 5.74) is 12.0. The second-order valence-corrected chi connectivity index (χ2v) is 21.5. The molecule has 0 radical (unpaired) electrons. The van der Waals surface area contributed by atoms with Crippen LogP contribution in [0.2, 0.25) is 6.04 Å². The topological polar surface area (TPSA) is 61.3 Å². The van der Waals surface area contributed by atoms with Crippen molar-refractivity contribution in [1.29, 1.82) is 0 Å². The largest absolute Gasteiger partial charge is 0.404 e. The van der Waals surface area contributed by atoms with E-state index in [1.807, 2.05) is 0 Å². The first-order valence-corrected chi connectivity index (χ1v) is 19.1. The van der Waals surface area contributed by atoms with Gasteiger partial charge in [-0.15, -0.1) is 0 Å². The molecule has 0 bridgehead atoms. The predicted octanol–water partition coefficient (Wildman–Crippen LogP) is 3.72. The zero-order valence-electron chi connectivity index (χ0n) is 22.3. The minimum atomic E-state index is -2.87. The molecule has 1 saturated heterocycles. The molecule has 4 aromatic carbocycles. The molecule has 4 aromatic rings. The zero-order chi connectivity index (χ0) is 26.3. The lowest BCUT2D eigenvalue weighted by Gasteiger charge is -2.58. The van der Waals surface area contributed by atoms with Crippen molar-refractivity contribution in [3.8, 4) is 0 Å². The Balaban J connectivity index is 1.88. The third-order valence-electron chi connectivity index (χ3n) is 8.49. The highest BCUT2D eigenvalue weighted by molar-refractivity contribution is 7.57. The van der Waals surface area contributed by atoms with E-state index in [1.165, 1.54) is 20.7 Å².